The zero-order valence-corrected chi connectivity index (χ0v) is 20.7. The standard InChI is InChI=1S/C28H29N3O3S/c1-35-23-9-10-25-24(19-23)26(30-14-16-34-17-15-30)18-22(29-25)8-11-27(32)20-4-6-21(7-5-20)28(33)31-12-2-3-13-31/h4-11,18-19H,2-3,12-17H2,1H3/b11-8+. The molecule has 2 aliphatic rings. The molecule has 180 valence electrons. The Hall–Kier alpha value is -3.16. The van der Waals surface area contributed by atoms with Crippen LogP contribution in [0.5, 0.6) is 0 Å². The van der Waals surface area contributed by atoms with Crippen LogP contribution >= 0.6 is 11.8 Å². The van der Waals surface area contributed by atoms with Gasteiger partial charge in [0.05, 0.1) is 24.4 Å². The van der Waals surface area contributed by atoms with Crippen molar-refractivity contribution in [2.24, 2.45) is 0 Å². The fraction of sp³-hybridized carbons (Fsp3) is 0.321. The van der Waals surface area contributed by atoms with E-state index in [1.807, 2.05) is 11.0 Å². The molecule has 3 heterocycles. The predicted molar refractivity (Wildman–Crippen MR) is 141 cm³/mol. The number of ketones is 1. The van der Waals surface area contributed by atoms with Crippen molar-refractivity contribution in [3.8, 4) is 0 Å². The van der Waals surface area contributed by atoms with Gasteiger partial charge in [-0.2, -0.15) is 0 Å². The largest absolute Gasteiger partial charge is 0.378 e. The Balaban J connectivity index is 1.38. The molecule has 2 aliphatic heterocycles. The highest BCUT2D eigenvalue weighted by atomic mass is 32.2. The van der Waals surface area contributed by atoms with Crippen LogP contribution in [0.1, 0.15) is 39.3 Å². The molecule has 5 rings (SSSR count). The molecule has 3 aromatic rings. The average molecular weight is 488 g/mol. The third-order valence-corrected chi connectivity index (χ3v) is 7.31. The van der Waals surface area contributed by atoms with Crippen LogP contribution < -0.4 is 4.90 Å². The summed E-state index contributed by atoms with van der Waals surface area (Å²) in [4.78, 5) is 35.6. The molecule has 1 amide bonds. The van der Waals surface area contributed by atoms with Gasteiger partial charge in [-0.05, 0) is 67.6 Å². The predicted octanol–water partition coefficient (Wildman–Crippen LogP) is 4.93. The van der Waals surface area contributed by atoms with Crippen LogP contribution in [0.3, 0.4) is 0 Å². The number of carbonyl (C=O) groups is 2. The van der Waals surface area contributed by atoms with Gasteiger partial charge >= 0.3 is 0 Å². The third-order valence-electron chi connectivity index (χ3n) is 6.58. The third kappa shape index (κ3) is 5.26. The quantitative estimate of drug-likeness (QED) is 0.279. The first-order chi connectivity index (χ1) is 17.1. The minimum Gasteiger partial charge on any atom is -0.378 e. The summed E-state index contributed by atoms with van der Waals surface area (Å²) in [6.45, 7) is 4.68. The van der Waals surface area contributed by atoms with E-state index in [0.29, 0.717) is 24.3 Å². The lowest BCUT2D eigenvalue weighted by Gasteiger charge is -2.30. The van der Waals surface area contributed by atoms with Crippen molar-refractivity contribution in [1.29, 1.82) is 0 Å². The first kappa shape index (κ1) is 23.6. The maximum Gasteiger partial charge on any atom is 0.253 e. The number of likely N-dealkylation sites (tertiary alicyclic amines) is 1. The summed E-state index contributed by atoms with van der Waals surface area (Å²) >= 11 is 1.71. The lowest BCUT2D eigenvalue weighted by molar-refractivity contribution is 0.0792. The van der Waals surface area contributed by atoms with Gasteiger partial charge in [-0.3, -0.25) is 9.59 Å². The zero-order valence-electron chi connectivity index (χ0n) is 19.9. The number of pyridine rings is 1. The number of rotatable bonds is 6. The molecule has 0 aliphatic carbocycles. The van der Waals surface area contributed by atoms with Crippen LogP contribution in [0, 0.1) is 0 Å². The number of thioether (sulfide) groups is 1. The van der Waals surface area contributed by atoms with Crippen molar-refractivity contribution < 1.29 is 14.3 Å². The summed E-state index contributed by atoms with van der Waals surface area (Å²) in [5.41, 5.74) is 3.95. The number of anilines is 1. The van der Waals surface area contributed by atoms with Gasteiger partial charge in [0.25, 0.3) is 5.91 Å². The molecule has 7 heteroatoms. The first-order valence-electron chi connectivity index (χ1n) is 12.1. The van der Waals surface area contributed by atoms with Crippen molar-refractivity contribution in [1.82, 2.24) is 9.88 Å². The van der Waals surface area contributed by atoms with E-state index < -0.39 is 0 Å². The van der Waals surface area contributed by atoms with Gasteiger partial charge in [0.15, 0.2) is 5.78 Å². The summed E-state index contributed by atoms with van der Waals surface area (Å²) in [5.74, 6) is -0.0737. The molecule has 0 spiro atoms. The molecule has 1 aromatic heterocycles. The van der Waals surface area contributed by atoms with Crippen molar-refractivity contribution in [2.45, 2.75) is 17.7 Å². The molecule has 0 bridgehead atoms. The fourth-order valence-electron chi connectivity index (χ4n) is 4.62. The summed E-state index contributed by atoms with van der Waals surface area (Å²) < 4.78 is 5.54. The molecular weight excluding hydrogens is 458 g/mol. The number of aromatic nitrogens is 1. The van der Waals surface area contributed by atoms with Gasteiger partial charge in [0.2, 0.25) is 0 Å². The van der Waals surface area contributed by atoms with E-state index in [9.17, 15) is 9.59 Å². The second kappa shape index (κ2) is 10.6. The molecule has 35 heavy (non-hydrogen) atoms. The molecule has 0 radical (unpaired) electrons. The monoisotopic (exact) mass is 487 g/mol. The summed E-state index contributed by atoms with van der Waals surface area (Å²) in [6, 6.07) is 15.3. The Morgan fingerprint density at radius 1 is 0.943 bits per heavy atom. The van der Waals surface area contributed by atoms with Gasteiger partial charge in [-0.1, -0.05) is 12.1 Å². The fourth-order valence-corrected chi connectivity index (χ4v) is 5.06. The van der Waals surface area contributed by atoms with Crippen LogP contribution in [0.2, 0.25) is 0 Å². The van der Waals surface area contributed by atoms with E-state index >= 15 is 0 Å². The van der Waals surface area contributed by atoms with Crippen molar-refractivity contribution in [2.75, 3.05) is 50.5 Å². The normalized spacial score (nSPS) is 16.4. The van der Waals surface area contributed by atoms with E-state index in [4.69, 9.17) is 9.72 Å². The molecule has 6 nitrogen and oxygen atoms in total. The minimum absolute atomic E-state index is 0.0395. The number of nitrogens with zero attached hydrogens (tertiary/aromatic N) is 3. The molecule has 2 fully saturated rings. The molecule has 2 saturated heterocycles. The van der Waals surface area contributed by atoms with Crippen LogP contribution in [0.15, 0.2) is 59.5 Å². The lowest BCUT2D eigenvalue weighted by atomic mass is 10.1. The zero-order chi connectivity index (χ0) is 24.2. The summed E-state index contributed by atoms with van der Waals surface area (Å²) in [7, 11) is 0. The van der Waals surface area contributed by atoms with E-state index in [0.717, 1.165) is 61.3 Å². The SMILES string of the molecule is CSc1ccc2nc(/C=C/C(=O)c3ccc(C(=O)N4CCCC4)cc3)cc(N3CCOCC3)c2c1. The second-order valence-electron chi connectivity index (χ2n) is 8.82. The highest BCUT2D eigenvalue weighted by molar-refractivity contribution is 7.98. The lowest BCUT2D eigenvalue weighted by Crippen LogP contribution is -2.36. The average Bonchev–Trinajstić information content (AvgIpc) is 3.46. The number of morpholine rings is 1. The van der Waals surface area contributed by atoms with Crippen molar-refractivity contribution in [3.63, 3.8) is 0 Å². The van der Waals surface area contributed by atoms with Crippen LogP contribution in [0.4, 0.5) is 5.69 Å². The number of hydrogen-bond acceptors (Lipinski definition) is 6. The van der Waals surface area contributed by atoms with Gasteiger partial charge in [-0.15, -0.1) is 11.8 Å². The first-order valence-corrected chi connectivity index (χ1v) is 13.3. The van der Waals surface area contributed by atoms with Gasteiger partial charge in [0.1, 0.15) is 0 Å². The summed E-state index contributed by atoms with van der Waals surface area (Å²) in [6.07, 6.45) is 7.52. The van der Waals surface area contributed by atoms with Crippen molar-refractivity contribution in [3.05, 3.63) is 71.4 Å². The van der Waals surface area contributed by atoms with Gasteiger partial charge in [0, 0.05) is 53.3 Å². The van der Waals surface area contributed by atoms with Crippen LogP contribution in [-0.2, 0) is 4.74 Å². The smallest absolute Gasteiger partial charge is 0.253 e. The Morgan fingerprint density at radius 2 is 1.66 bits per heavy atom. The maximum atomic E-state index is 12.8. The highest BCUT2D eigenvalue weighted by Crippen LogP contribution is 2.31. The number of allylic oxidation sites excluding steroid dienone is 1. The summed E-state index contributed by atoms with van der Waals surface area (Å²) in [5, 5.41) is 1.11. The number of benzene rings is 2. The number of ether oxygens (including phenoxy) is 1. The number of fused-ring (bicyclic) bond motifs is 1. The van der Waals surface area contributed by atoms with Gasteiger partial charge in [-0.25, -0.2) is 4.98 Å². The Bertz CT molecular complexity index is 1260. The molecule has 0 atom stereocenters. The second-order valence-corrected chi connectivity index (χ2v) is 9.70. The number of carbonyl (C=O) groups excluding carboxylic acids is 2. The highest BCUT2D eigenvalue weighted by Gasteiger charge is 2.20. The molecule has 0 unspecified atom stereocenters. The Kier molecular flexibility index (Phi) is 7.16. The van der Waals surface area contributed by atoms with Crippen LogP contribution in [-0.4, -0.2) is 67.2 Å². The molecule has 0 saturated carbocycles. The van der Waals surface area contributed by atoms with E-state index in [1.54, 1.807) is 48.2 Å². The van der Waals surface area contributed by atoms with Crippen LogP contribution in [0.25, 0.3) is 17.0 Å². The van der Waals surface area contributed by atoms with E-state index in [1.165, 1.54) is 4.90 Å². The molecule has 2 aromatic carbocycles. The van der Waals surface area contributed by atoms with Crippen molar-refractivity contribution >= 4 is 46.1 Å². The number of amides is 1. The number of hydrogen-bond donors (Lipinski definition) is 0. The topological polar surface area (TPSA) is 62.7 Å². The minimum atomic E-state index is -0.113. The Labute approximate surface area is 210 Å². The maximum absolute atomic E-state index is 12.8. The van der Waals surface area contributed by atoms with Gasteiger partial charge < -0.3 is 14.5 Å². The molecule has 0 N–H and O–H groups in total. The Morgan fingerprint density at radius 3 is 2.37 bits per heavy atom. The van der Waals surface area contributed by atoms with E-state index in [2.05, 4.69) is 29.4 Å². The van der Waals surface area contributed by atoms with E-state index in [-0.39, 0.29) is 11.7 Å². The molecular formula is C28H29N3O3S.